The second-order valence-corrected chi connectivity index (χ2v) is 7.58. The van der Waals surface area contributed by atoms with Crippen molar-refractivity contribution in [3.8, 4) is 11.5 Å². The third-order valence-corrected chi connectivity index (χ3v) is 5.48. The fraction of sp³-hybridized carbons (Fsp3) is 0.238. The number of thiazole rings is 1. The molecule has 27 heavy (non-hydrogen) atoms. The number of methoxy groups -OCH3 is 1. The third-order valence-electron chi connectivity index (χ3n) is 4.57. The van der Waals surface area contributed by atoms with Crippen molar-refractivity contribution in [2.75, 3.05) is 19.0 Å². The topological polar surface area (TPSA) is 60.5 Å². The molecular formula is C21H20N2O3S. The number of carbonyl (C=O) groups is 1. The van der Waals surface area contributed by atoms with Crippen LogP contribution in [0.25, 0.3) is 0 Å². The number of aromatic nitrogens is 1. The van der Waals surface area contributed by atoms with Crippen molar-refractivity contribution < 1.29 is 14.3 Å². The largest absolute Gasteiger partial charge is 0.497 e. The number of hydrogen-bond acceptors (Lipinski definition) is 5. The summed E-state index contributed by atoms with van der Waals surface area (Å²) in [6, 6.07) is 15.8. The van der Waals surface area contributed by atoms with E-state index in [0.717, 1.165) is 28.4 Å². The Morgan fingerprint density at radius 1 is 1.26 bits per heavy atom. The minimum absolute atomic E-state index is 0.0464. The zero-order valence-corrected chi connectivity index (χ0v) is 15.8. The molecule has 4 rings (SSSR count). The molecule has 0 aliphatic carbocycles. The van der Waals surface area contributed by atoms with Gasteiger partial charge in [0.2, 0.25) is 5.91 Å². The molecule has 0 spiro atoms. The van der Waals surface area contributed by atoms with Gasteiger partial charge in [-0.1, -0.05) is 30.3 Å². The first-order valence-electron chi connectivity index (χ1n) is 8.80. The first-order chi connectivity index (χ1) is 13.2. The highest BCUT2D eigenvalue weighted by Crippen LogP contribution is 2.28. The lowest BCUT2D eigenvalue weighted by Crippen LogP contribution is -2.32. The first-order valence-corrected chi connectivity index (χ1v) is 9.62. The Labute approximate surface area is 162 Å². The van der Waals surface area contributed by atoms with Crippen molar-refractivity contribution >= 4 is 22.4 Å². The number of amides is 1. The van der Waals surface area contributed by atoms with E-state index in [1.54, 1.807) is 7.11 Å². The average Bonchev–Trinajstić information content (AvgIpc) is 3.15. The maximum Gasteiger partial charge on any atom is 0.233 e. The molecule has 6 heteroatoms. The fourth-order valence-corrected chi connectivity index (χ4v) is 3.95. The van der Waals surface area contributed by atoms with Gasteiger partial charge >= 0.3 is 0 Å². The number of nitrogens with one attached hydrogen (secondary N) is 1. The van der Waals surface area contributed by atoms with Gasteiger partial charge in [-0.25, -0.2) is 4.98 Å². The summed E-state index contributed by atoms with van der Waals surface area (Å²) < 4.78 is 10.9. The van der Waals surface area contributed by atoms with Crippen LogP contribution in [-0.2, 0) is 17.6 Å². The van der Waals surface area contributed by atoms with Gasteiger partial charge in [-0.3, -0.25) is 4.79 Å². The molecule has 3 aromatic rings. The molecule has 5 nitrogen and oxygen atoms in total. The Morgan fingerprint density at radius 2 is 2.07 bits per heavy atom. The third kappa shape index (κ3) is 4.11. The van der Waals surface area contributed by atoms with Crippen LogP contribution in [0.15, 0.2) is 54.7 Å². The maximum atomic E-state index is 12.6. The van der Waals surface area contributed by atoms with Crippen LogP contribution in [0, 0.1) is 5.92 Å². The van der Waals surface area contributed by atoms with Gasteiger partial charge in [0, 0.05) is 17.5 Å². The molecular weight excluding hydrogens is 360 g/mol. The summed E-state index contributed by atoms with van der Waals surface area (Å²) in [7, 11) is 1.66. The normalized spacial score (nSPS) is 15.5. The van der Waals surface area contributed by atoms with Gasteiger partial charge < -0.3 is 14.8 Å². The van der Waals surface area contributed by atoms with Crippen LogP contribution in [0.4, 0.5) is 5.13 Å². The van der Waals surface area contributed by atoms with Crippen LogP contribution >= 0.6 is 11.3 Å². The molecule has 1 N–H and O–H groups in total. The van der Waals surface area contributed by atoms with Crippen LogP contribution in [0.1, 0.15) is 16.0 Å². The van der Waals surface area contributed by atoms with E-state index in [1.165, 1.54) is 16.9 Å². The lowest BCUT2D eigenvalue weighted by atomic mass is 9.96. The van der Waals surface area contributed by atoms with Crippen LogP contribution in [-0.4, -0.2) is 24.6 Å². The van der Waals surface area contributed by atoms with Gasteiger partial charge in [-0.05, 0) is 35.7 Å². The summed E-state index contributed by atoms with van der Waals surface area (Å²) in [4.78, 5) is 18.0. The van der Waals surface area contributed by atoms with Gasteiger partial charge in [0.15, 0.2) is 5.13 Å². The molecule has 1 aromatic heterocycles. The van der Waals surface area contributed by atoms with Crippen molar-refractivity contribution in [1.29, 1.82) is 0 Å². The molecule has 0 radical (unpaired) electrons. The number of hydrogen-bond donors (Lipinski definition) is 1. The zero-order valence-electron chi connectivity index (χ0n) is 15.0. The van der Waals surface area contributed by atoms with Crippen molar-refractivity contribution in [3.63, 3.8) is 0 Å². The van der Waals surface area contributed by atoms with Gasteiger partial charge in [-0.15, -0.1) is 11.3 Å². The van der Waals surface area contributed by atoms with Gasteiger partial charge in [0.25, 0.3) is 0 Å². The second-order valence-electron chi connectivity index (χ2n) is 6.47. The Bertz CT molecular complexity index is 937. The number of para-hydroxylation sites is 1. The summed E-state index contributed by atoms with van der Waals surface area (Å²) >= 11 is 1.50. The Morgan fingerprint density at radius 3 is 2.89 bits per heavy atom. The van der Waals surface area contributed by atoms with Gasteiger partial charge in [-0.2, -0.15) is 0 Å². The van der Waals surface area contributed by atoms with Crippen LogP contribution in [0.5, 0.6) is 11.5 Å². The standard InChI is InChI=1S/C21H20N2O3S/c1-25-17-8-6-14(7-9-17)10-18-12-22-21(27-18)23-20(24)16-11-15-4-2-3-5-19(15)26-13-16/h2-9,12,16H,10-11,13H2,1H3,(H,22,23,24)/t16-/m1/s1. The predicted molar refractivity (Wildman–Crippen MR) is 106 cm³/mol. The zero-order chi connectivity index (χ0) is 18.6. The summed E-state index contributed by atoms with van der Waals surface area (Å²) in [5.74, 6) is 1.47. The Hall–Kier alpha value is -2.86. The maximum absolute atomic E-state index is 12.6. The minimum atomic E-state index is -0.200. The molecule has 2 aromatic carbocycles. The number of ether oxygens (including phenoxy) is 2. The molecule has 1 aliphatic heterocycles. The monoisotopic (exact) mass is 380 g/mol. The number of carbonyl (C=O) groups excluding carboxylic acids is 1. The summed E-state index contributed by atoms with van der Waals surface area (Å²) in [6.07, 6.45) is 3.28. The fourth-order valence-electron chi connectivity index (χ4n) is 3.10. The van der Waals surface area contributed by atoms with E-state index in [4.69, 9.17) is 9.47 Å². The Kier molecular flexibility index (Phi) is 5.07. The summed E-state index contributed by atoms with van der Waals surface area (Å²) in [5, 5.41) is 3.56. The quantitative estimate of drug-likeness (QED) is 0.729. The molecule has 2 heterocycles. The van der Waals surface area contributed by atoms with E-state index in [2.05, 4.69) is 10.3 Å². The highest BCUT2D eigenvalue weighted by molar-refractivity contribution is 7.15. The number of rotatable bonds is 5. The number of nitrogens with zero attached hydrogens (tertiary/aromatic N) is 1. The number of benzene rings is 2. The lowest BCUT2D eigenvalue weighted by molar-refractivity contribution is -0.121. The van der Waals surface area contributed by atoms with Gasteiger partial charge in [0.05, 0.1) is 13.0 Å². The van der Waals surface area contributed by atoms with Crippen LogP contribution in [0.2, 0.25) is 0 Å². The summed E-state index contributed by atoms with van der Waals surface area (Å²) in [5.41, 5.74) is 2.25. The smallest absolute Gasteiger partial charge is 0.233 e. The molecule has 0 bridgehead atoms. The van der Waals surface area contributed by atoms with E-state index in [0.29, 0.717) is 18.2 Å². The molecule has 0 saturated carbocycles. The molecule has 1 aliphatic rings. The van der Waals surface area contributed by atoms with E-state index in [-0.39, 0.29) is 11.8 Å². The highest BCUT2D eigenvalue weighted by Gasteiger charge is 2.26. The van der Waals surface area contributed by atoms with Crippen LogP contribution in [0.3, 0.4) is 0 Å². The molecule has 0 unspecified atom stereocenters. The first kappa shape index (κ1) is 17.5. The lowest BCUT2D eigenvalue weighted by Gasteiger charge is -2.24. The van der Waals surface area contributed by atoms with Crippen molar-refractivity contribution in [3.05, 3.63) is 70.7 Å². The van der Waals surface area contributed by atoms with E-state index in [9.17, 15) is 4.79 Å². The molecule has 0 saturated heterocycles. The summed E-state index contributed by atoms with van der Waals surface area (Å²) in [6.45, 7) is 0.396. The SMILES string of the molecule is COc1ccc(Cc2cnc(NC(=O)[C@H]3COc4ccccc4C3)s2)cc1. The van der Waals surface area contributed by atoms with Crippen molar-refractivity contribution in [2.45, 2.75) is 12.8 Å². The number of fused-ring (bicyclic) bond motifs is 1. The molecule has 0 fully saturated rings. The minimum Gasteiger partial charge on any atom is -0.497 e. The Balaban J connectivity index is 1.37. The molecule has 1 atom stereocenters. The second kappa shape index (κ2) is 7.80. The van der Waals surface area contributed by atoms with E-state index < -0.39 is 0 Å². The molecule has 138 valence electrons. The van der Waals surface area contributed by atoms with Crippen LogP contribution < -0.4 is 14.8 Å². The predicted octanol–water partition coefficient (Wildman–Crippen LogP) is 3.93. The van der Waals surface area contributed by atoms with Crippen molar-refractivity contribution in [1.82, 2.24) is 4.98 Å². The van der Waals surface area contributed by atoms with Gasteiger partial charge in [0.1, 0.15) is 18.1 Å². The molecule has 1 amide bonds. The van der Waals surface area contributed by atoms with E-state index >= 15 is 0 Å². The highest BCUT2D eigenvalue weighted by atomic mass is 32.1. The average molecular weight is 380 g/mol. The van der Waals surface area contributed by atoms with Crippen molar-refractivity contribution in [2.24, 2.45) is 5.92 Å². The van der Waals surface area contributed by atoms with E-state index in [1.807, 2.05) is 54.7 Å². The number of anilines is 1.